The molecule has 6 heteroatoms. The minimum absolute atomic E-state index is 0.106. The number of hydrogen-bond acceptors (Lipinski definition) is 5. The van der Waals surface area contributed by atoms with Gasteiger partial charge in [-0.3, -0.25) is 4.79 Å². The largest absolute Gasteiger partial charge is 0.497 e. The number of nitrogens with zero attached hydrogens (tertiary/aromatic N) is 2. The number of nitrogens with one attached hydrogen (secondary N) is 1. The Labute approximate surface area is 172 Å². The number of hydrogen-bond donors (Lipinski definition) is 1. The molecular formula is C23H29N3O3. The minimum Gasteiger partial charge on any atom is -0.497 e. The summed E-state index contributed by atoms with van der Waals surface area (Å²) in [7, 11) is 3.74. The van der Waals surface area contributed by atoms with Gasteiger partial charge < -0.3 is 14.4 Å². The number of hydrazone groups is 1. The number of rotatable bonds is 6. The van der Waals surface area contributed by atoms with Crippen LogP contribution in [0.3, 0.4) is 0 Å². The van der Waals surface area contributed by atoms with Crippen molar-refractivity contribution in [3.05, 3.63) is 53.6 Å². The molecule has 2 aromatic carbocycles. The topological polar surface area (TPSA) is 63.2 Å². The van der Waals surface area contributed by atoms with Crippen molar-refractivity contribution in [3.63, 3.8) is 0 Å². The molecule has 3 rings (SSSR count). The number of carbonyl (C=O) groups is 1. The van der Waals surface area contributed by atoms with Gasteiger partial charge in [0.1, 0.15) is 11.5 Å². The molecule has 6 nitrogen and oxygen atoms in total. The van der Waals surface area contributed by atoms with Crippen LogP contribution in [0.25, 0.3) is 0 Å². The summed E-state index contributed by atoms with van der Waals surface area (Å²) in [6.07, 6.45) is 2.76. The highest BCUT2D eigenvalue weighted by Gasteiger charge is 2.33. The van der Waals surface area contributed by atoms with Crippen LogP contribution < -0.4 is 19.8 Å². The van der Waals surface area contributed by atoms with Crippen LogP contribution in [0, 0.1) is 0 Å². The van der Waals surface area contributed by atoms with E-state index in [0.29, 0.717) is 11.7 Å². The molecule has 1 amide bonds. The van der Waals surface area contributed by atoms with Gasteiger partial charge in [-0.2, -0.15) is 5.10 Å². The van der Waals surface area contributed by atoms with E-state index in [1.807, 2.05) is 6.07 Å². The molecule has 0 saturated carbocycles. The maximum Gasteiger partial charge on any atom is 0.277 e. The third-order valence-electron chi connectivity index (χ3n) is 5.49. The fourth-order valence-corrected chi connectivity index (χ4v) is 3.71. The van der Waals surface area contributed by atoms with Crippen LogP contribution in [0.15, 0.2) is 47.6 Å². The van der Waals surface area contributed by atoms with Crippen molar-refractivity contribution >= 4 is 17.8 Å². The van der Waals surface area contributed by atoms with E-state index in [-0.39, 0.29) is 18.1 Å². The molecule has 1 N–H and O–H groups in total. The highest BCUT2D eigenvalue weighted by atomic mass is 16.5. The van der Waals surface area contributed by atoms with Crippen LogP contribution >= 0.6 is 0 Å². The normalized spacial score (nSPS) is 17.7. The molecule has 0 unspecified atom stereocenters. The molecule has 0 spiro atoms. The van der Waals surface area contributed by atoms with E-state index in [4.69, 9.17) is 9.47 Å². The van der Waals surface area contributed by atoms with E-state index >= 15 is 0 Å². The van der Waals surface area contributed by atoms with Crippen molar-refractivity contribution in [3.8, 4) is 11.5 Å². The molecule has 0 bridgehead atoms. The van der Waals surface area contributed by atoms with Crippen molar-refractivity contribution in [1.82, 2.24) is 5.43 Å². The molecule has 0 fully saturated rings. The Morgan fingerprint density at radius 3 is 2.62 bits per heavy atom. The predicted octanol–water partition coefficient (Wildman–Crippen LogP) is 3.95. The van der Waals surface area contributed by atoms with Gasteiger partial charge in [-0.05, 0) is 73.7 Å². The van der Waals surface area contributed by atoms with Gasteiger partial charge in [-0.15, -0.1) is 0 Å². The van der Waals surface area contributed by atoms with E-state index < -0.39 is 0 Å². The molecule has 1 atom stereocenters. The summed E-state index contributed by atoms with van der Waals surface area (Å²) in [6, 6.07) is 13.4. The molecule has 29 heavy (non-hydrogen) atoms. The van der Waals surface area contributed by atoms with Crippen LogP contribution in [-0.4, -0.2) is 38.4 Å². The number of benzene rings is 2. The second-order valence-corrected chi connectivity index (χ2v) is 8.05. The second-order valence-electron chi connectivity index (χ2n) is 8.05. The van der Waals surface area contributed by atoms with E-state index in [1.54, 1.807) is 37.6 Å². The van der Waals surface area contributed by atoms with Gasteiger partial charge >= 0.3 is 0 Å². The summed E-state index contributed by atoms with van der Waals surface area (Å²) in [6.45, 7) is 6.69. The Morgan fingerprint density at radius 1 is 1.24 bits per heavy atom. The molecule has 1 heterocycles. The number of anilines is 1. The van der Waals surface area contributed by atoms with Gasteiger partial charge in [0.25, 0.3) is 5.91 Å². The van der Waals surface area contributed by atoms with Crippen LogP contribution in [0.1, 0.15) is 44.2 Å². The zero-order valence-corrected chi connectivity index (χ0v) is 17.7. The van der Waals surface area contributed by atoms with E-state index in [9.17, 15) is 4.79 Å². The molecule has 2 aromatic rings. The van der Waals surface area contributed by atoms with E-state index in [2.05, 4.69) is 55.4 Å². The average molecular weight is 396 g/mol. The highest BCUT2D eigenvalue weighted by Crippen LogP contribution is 2.42. The first-order valence-electron chi connectivity index (χ1n) is 9.76. The van der Waals surface area contributed by atoms with E-state index in [0.717, 1.165) is 17.7 Å². The maximum atomic E-state index is 11.9. The van der Waals surface area contributed by atoms with Crippen LogP contribution in [-0.2, 0) is 4.79 Å². The van der Waals surface area contributed by atoms with Crippen LogP contribution in [0.5, 0.6) is 11.5 Å². The number of carbonyl (C=O) groups excluding carboxylic acids is 1. The number of amides is 1. The first kappa shape index (κ1) is 20.7. The third kappa shape index (κ3) is 4.88. The first-order chi connectivity index (χ1) is 13.8. The van der Waals surface area contributed by atoms with Crippen LogP contribution in [0.4, 0.5) is 5.69 Å². The van der Waals surface area contributed by atoms with E-state index in [1.165, 1.54) is 11.3 Å². The van der Waals surface area contributed by atoms with Crippen LogP contribution in [0.2, 0.25) is 0 Å². The number of ether oxygens (including phenoxy) is 2. The summed E-state index contributed by atoms with van der Waals surface area (Å²) < 4.78 is 10.5. The van der Waals surface area contributed by atoms with Gasteiger partial charge in [0.15, 0.2) is 6.61 Å². The fourth-order valence-electron chi connectivity index (χ4n) is 3.71. The molecule has 154 valence electrons. The van der Waals surface area contributed by atoms with Gasteiger partial charge in [0.2, 0.25) is 0 Å². The Bertz CT molecular complexity index is 891. The lowest BCUT2D eigenvalue weighted by Crippen LogP contribution is -2.45. The molecule has 0 aromatic heterocycles. The molecule has 0 saturated heterocycles. The molecular weight excluding hydrogens is 366 g/mol. The monoisotopic (exact) mass is 395 g/mol. The van der Waals surface area contributed by atoms with Crippen molar-refractivity contribution in [2.45, 2.75) is 38.6 Å². The average Bonchev–Trinajstić information content (AvgIpc) is 2.71. The zero-order chi connectivity index (χ0) is 21.0. The SMILES string of the molecule is COc1ccc(OCC(=O)N/N=C/c2ccc3c(c2)[C@H](C)CC(C)(C)N3C)cc1. The maximum absolute atomic E-state index is 11.9. The van der Waals surface area contributed by atoms with Crippen molar-refractivity contribution < 1.29 is 14.3 Å². The Hall–Kier alpha value is -3.02. The smallest absolute Gasteiger partial charge is 0.277 e. The highest BCUT2D eigenvalue weighted by molar-refractivity contribution is 5.84. The Morgan fingerprint density at radius 2 is 1.93 bits per heavy atom. The summed E-state index contributed by atoms with van der Waals surface area (Å²) in [5, 5.41) is 4.06. The second kappa shape index (κ2) is 8.55. The molecule has 1 aliphatic heterocycles. The third-order valence-corrected chi connectivity index (χ3v) is 5.49. The number of methoxy groups -OCH3 is 1. The molecule has 0 radical (unpaired) electrons. The minimum atomic E-state index is -0.315. The lowest BCUT2D eigenvalue weighted by atomic mass is 9.80. The summed E-state index contributed by atoms with van der Waals surface area (Å²) >= 11 is 0. The van der Waals surface area contributed by atoms with Crippen molar-refractivity contribution in [1.29, 1.82) is 0 Å². The summed E-state index contributed by atoms with van der Waals surface area (Å²) in [5.74, 6) is 1.49. The fraction of sp³-hybridized carbons (Fsp3) is 0.391. The molecule has 0 aliphatic carbocycles. The lowest BCUT2D eigenvalue weighted by Gasteiger charge is -2.45. The van der Waals surface area contributed by atoms with Gasteiger partial charge in [-0.1, -0.05) is 13.0 Å². The summed E-state index contributed by atoms with van der Waals surface area (Å²) in [5.41, 5.74) is 6.17. The first-order valence-corrected chi connectivity index (χ1v) is 9.76. The van der Waals surface area contributed by atoms with Crippen molar-refractivity contribution in [2.75, 3.05) is 25.7 Å². The lowest BCUT2D eigenvalue weighted by molar-refractivity contribution is -0.123. The Balaban J connectivity index is 1.56. The van der Waals surface area contributed by atoms with Crippen molar-refractivity contribution in [2.24, 2.45) is 5.10 Å². The molecule has 1 aliphatic rings. The van der Waals surface area contributed by atoms with Gasteiger partial charge in [-0.25, -0.2) is 5.43 Å². The number of fused-ring (bicyclic) bond motifs is 1. The van der Waals surface area contributed by atoms with Gasteiger partial charge in [0.05, 0.1) is 13.3 Å². The zero-order valence-electron chi connectivity index (χ0n) is 17.7. The van der Waals surface area contributed by atoms with Gasteiger partial charge in [0, 0.05) is 18.3 Å². The Kier molecular flexibility index (Phi) is 6.11. The summed E-state index contributed by atoms with van der Waals surface area (Å²) in [4.78, 5) is 14.3. The quantitative estimate of drug-likeness (QED) is 0.594. The predicted molar refractivity (Wildman–Crippen MR) is 116 cm³/mol. The standard InChI is InChI=1S/C23H29N3O3/c1-16-13-23(2,3)26(4)21-11-6-17(12-20(16)21)14-24-25-22(27)15-29-19-9-7-18(28-5)8-10-19/h6-12,14,16H,13,15H2,1-5H3,(H,25,27)/b24-14+/t16-/m1/s1.